The number of hydrogen-bond donors (Lipinski definition) is 0. The molecule has 0 aromatic heterocycles. The first-order chi connectivity index (χ1) is 9.29. The number of allylic oxidation sites excluding steroid dienone is 1. The molecule has 0 saturated heterocycles. The van der Waals surface area contributed by atoms with Crippen molar-refractivity contribution in [3.63, 3.8) is 0 Å². The van der Waals surface area contributed by atoms with Crippen LogP contribution in [-0.2, 0) is 9.53 Å². The number of hydrogen-bond acceptors (Lipinski definition) is 2. The molecule has 1 rings (SSSR count). The molecule has 0 saturated carbocycles. The summed E-state index contributed by atoms with van der Waals surface area (Å²) in [7, 11) is 0. The highest BCUT2D eigenvalue weighted by molar-refractivity contribution is 5.81. The van der Waals surface area contributed by atoms with E-state index in [-0.39, 0.29) is 5.97 Å². The summed E-state index contributed by atoms with van der Waals surface area (Å²) >= 11 is 0. The van der Waals surface area contributed by atoms with Crippen molar-refractivity contribution in [1.82, 2.24) is 0 Å². The summed E-state index contributed by atoms with van der Waals surface area (Å²) in [6.45, 7) is 2.84. The minimum absolute atomic E-state index is 0.170. The molecule has 1 atom stereocenters. The molecular weight excluding hydrogens is 236 g/mol. The number of ether oxygens (including phenoxy) is 1. The molecule has 0 aromatic rings. The van der Waals surface area contributed by atoms with Crippen molar-refractivity contribution in [2.75, 3.05) is 6.61 Å². The summed E-state index contributed by atoms with van der Waals surface area (Å²) in [6.07, 6.45) is 17.5. The Balaban J connectivity index is 2.27. The number of rotatable bonds is 0. The maximum atomic E-state index is 11.4. The maximum Gasteiger partial charge on any atom is 0.330 e. The van der Waals surface area contributed by atoms with Crippen LogP contribution in [0.4, 0.5) is 0 Å². The van der Waals surface area contributed by atoms with Crippen LogP contribution < -0.4 is 0 Å². The van der Waals surface area contributed by atoms with E-state index in [0.29, 0.717) is 12.5 Å². The van der Waals surface area contributed by atoms with Crippen LogP contribution in [0.3, 0.4) is 0 Å². The summed E-state index contributed by atoms with van der Waals surface area (Å²) in [5.74, 6) is 0.504. The molecule has 0 spiro atoms. The Morgan fingerprint density at radius 2 is 1.58 bits per heavy atom. The molecule has 0 bridgehead atoms. The van der Waals surface area contributed by atoms with Crippen molar-refractivity contribution >= 4 is 5.97 Å². The predicted molar refractivity (Wildman–Crippen MR) is 80.1 cm³/mol. The highest BCUT2D eigenvalue weighted by atomic mass is 16.5. The Morgan fingerprint density at radius 1 is 0.947 bits per heavy atom. The normalized spacial score (nSPS) is 27.2. The molecule has 1 unspecified atom stereocenters. The number of carbonyl (C=O) groups is 1. The van der Waals surface area contributed by atoms with Crippen molar-refractivity contribution in [2.24, 2.45) is 5.92 Å². The zero-order valence-corrected chi connectivity index (χ0v) is 12.5. The summed E-state index contributed by atoms with van der Waals surface area (Å²) in [4.78, 5) is 11.4. The van der Waals surface area contributed by atoms with Gasteiger partial charge in [0.25, 0.3) is 0 Å². The topological polar surface area (TPSA) is 26.3 Å². The predicted octanol–water partition coefficient (Wildman–Crippen LogP) is 5.03. The second kappa shape index (κ2) is 11.1. The highest BCUT2D eigenvalue weighted by Gasteiger charge is 2.04. The molecule has 1 aliphatic rings. The average molecular weight is 266 g/mol. The van der Waals surface area contributed by atoms with Crippen molar-refractivity contribution < 1.29 is 9.53 Å². The first-order valence-corrected chi connectivity index (χ1v) is 8.12. The van der Waals surface area contributed by atoms with E-state index in [2.05, 4.69) is 6.92 Å². The summed E-state index contributed by atoms with van der Waals surface area (Å²) in [6, 6.07) is 0. The quantitative estimate of drug-likeness (QED) is 0.575. The molecule has 0 amide bonds. The highest BCUT2D eigenvalue weighted by Crippen LogP contribution is 2.16. The number of cyclic esters (lactones) is 1. The summed E-state index contributed by atoms with van der Waals surface area (Å²) < 4.78 is 5.21. The van der Waals surface area contributed by atoms with Crippen LogP contribution in [-0.4, -0.2) is 12.6 Å². The van der Waals surface area contributed by atoms with Gasteiger partial charge in [-0.1, -0.05) is 64.4 Å². The first kappa shape index (κ1) is 16.3. The summed E-state index contributed by atoms with van der Waals surface area (Å²) in [5, 5.41) is 0. The molecule has 0 aliphatic carbocycles. The van der Waals surface area contributed by atoms with Crippen LogP contribution in [0.5, 0.6) is 0 Å². The molecule has 110 valence electrons. The van der Waals surface area contributed by atoms with E-state index in [1.807, 2.05) is 6.08 Å². The minimum atomic E-state index is -0.170. The third-order valence-corrected chi connectivity index (χ3v) is 3.93. The van der Waals surface area contributed by atoms with Gasteiger partial charge in [0.15, 0.2) is 0 Å². The lowest BCUT2D eigenvalue weighted by Gasteiger charge is -2.10. The van der Waals surface area contributed by atoms with Crippen LogP contribution in [0.25, 0.3) is 0 Å². The van der Waals surface area contributed by atoms with Gasteiger partial charge in [-0.25, -0.2) is 4.79 Å². The lowest BCUT2D eigenvalue weighted by Crippen LogP contribution is -2.06. The van der Waals surface area contributed by atoms with Gasteiger partial charge >= 0.3 is 5.97 Å². The molecule has 2 heteroatoms. The van der Waals surface area contributed by atoms with E-state index in [4.69, 9.17) is 4.74 Å². The third-order valence-electron chi connectivity index (χ3n) is 3.93. The first-order valence-electron chi connectivity index (χ1n) is 8.12. The van der Waals surface area contributed by atoms with E-state index in [9.17, 15) is 4.79 Å². The molecule has 0 radical (unpaired) electrons. The molecular formula is C17H30O2. The van der Waals surface area contributed by atoms with E-state index in [1.165, 1.54) is 57.8 Å². The zero-order valence-electron chi connectivity index (χ0n) is 12.5. The molecule has 19 heavy (non-hydrogen) atoms. The Bertz CT molecular complexity index is 258. The monoisotopic (exact) mass is 266 g/mol. The SMILES string of the molecule is CC1CCCCCCCCCC/C=C\C(=O)OCC1. The van der Waals surface area contributed by atoms with Gasteiger partial charge in [-0.2, -0.15) is 0 Å². The van der Waals surface area contributed by atoms with E-state index in [0.717, 1.165) is 12.8 Å². The molecule has 0 fully saturated rings. The second-order valence-corrected chi connectivity index (χ2v) is 5.87. The van der Waals surface area contributed by atoms with Crippen LogP contribution in [0.1, 0.15) is 77.6 Å². The maximum absolute atomic E-state index is 11.4. The van der Waals surface area contributed by atoms with Crippen molar-refractivity contribution in [2.45, 2.75) is 77.6 Å². The second-order valence-electron chi connectivity index (χ2n) is 5.87. The van der Waals surface area contributed by atoms with Crippen LogP contribution in [0, 0.1) is 5.92 Å². The molecule has 1 aliphatic heterocycles. The lowest BCUT2D eigenvalue weighted by atomic mass is 9.99. The van der Waals surface area contributed by atoms with Crippen LogP contribution in [0.2, 0.25) is 0 Å². The van der Waals surface area contributed by atoms with Crippen molar-refractivity contribution in [1.29, 1.82) is 0 Å². The largest absolute Gasteiger partial charge is 0.463 e. The summed E-state index contributed by atoms with van der Waals surface area (Å²) in [5.41, 5.74) is 0. The van der Waals surface area contributed by atoms with Gasteiger partial charge in [0, 0.05) is 6.08 Å². The van der Waals surface area contributed by atoms with Gasteiger partial charge in [-0.15, -0.1) is 0 Å². The molecule has 1 heterocycles. The van der Waals surface area contributed by atoms with Gasteiger partial charge in [0.1, 0.15) is 0 Å². The molecule has 0 N–H and O–H groups in total. The van der Waals surface area contributed by atoms with Crippen LogP contribution >= 0.6 is 0 Å². The van der Waals surface area contributed by atoms with E-state index in [1.54, 1.807) is 6.08 Å². The number of carbonyl (C=O) groups excluding carboxylic acids is 1. The van der Waals surface area contributed by atoms with Gasteiger partial charge < -0.3 is 4.74 Å². The molecule has 2 nitrogen and oxygen atoms in total. The smallest absolute Gasteiger partial charge is 0.330 e. The fraction of sp³-hybridized carbons (Fsp3) is 0.824. The van der Waals surface area contributed by atoms with E-state index >= 15 is 0 Å². The van der Waals surface area contributed by atoms with Gasteiger partial charge in [-0.3, -0.25) is 0 Å². The Morgan fingerprint density at radius 3 is 2.32 bits per heavy atom. The van der Waals surface area contributed by atoms with Crippen LogP contribution in [0.15, 0.2) is 12.2 Å². The average Bonchev–Trinajstić information content (AvgIpc) is 2.39. The van der Waals surface area contributed by atoms with E-state index < -0.39 is 0 Å². The molecule has 0 aromatic carbocycles. The zero-order chi connectivity index (χ0) is 13.8. The van der Waals surface area contributed by atoms with Crippen molar-refractivity contribution in [3.8, 4) is 0 Å². The van der Waals surface area contributed by atoms with Gasteiger partial charge in [-0.05, 0) is 25.2 Å². The Labute approximate surface area is 118 Å². The third kappa shape index (κ3) is 9.75. The van der Waals surface area contributed by atoms with Crippen molar-refractivity contribution in [3.05, 3.63) is 12.2 Å². The van der Waals surface area contributed by atoms with Gasteiger partial charge in [0.2, 0.25) is 0 Å². The number of esters is 1. The van der Waals surface area contributed by atoms with Gasteiger partial charge in [0.05, 0.1) is 6.61 Å². The minimum Gasteiger partial charge on any atom is -0.463 e. The fourth-order valence-electron chi connectivity index (χ4n) is 2.55. The lowest BCUT2D eigenvalue weighted by molar-refractivity contribution is -0.138. The Hall–Kier alpha value is -0.790. The standard InChI is InChI=1S/C17H30O2/c1-16-12-10-8-6-4-2-3-5-7-9-11-13-17(18)19-15-14-16/h11,13,16H,2-10,12,14-15H2,1H3/b13-11-. The Kier molecular flexibility index (Phi) is 9.48. The fourth-order valence-corrected chi connectivity index (χ4v) is 2.55.